The van der Waals surface area contributed by atoms with Gasteiger partial charge in [-0.3, -0.25) is 9.78 Å². The molecule has 1 amide bonds. The van der Waals surface area contributed by atoms with E-state index >= 15 is 0 Å². The van der Waals surface area contributed by atoms with E-state index in [1.807, 2.05) is 42.6 Å². The van der Waals surface area contributed by atoms with Crippen LogP contribution in [0.25, 0.3) is 16.8 Å². The minimum absolute atomic E-state index is 0.399. The number of hydrogen-bond donors (Lipinski definition) is 1. The van der Waals surface area contributed by atoms with Gasteiger partial charge in [-0.15, -0.1) is 0 Å². The first kappa shape index (κ1) is 16.6. The maximum Gasteiger partial charge on any atom is 0.231 e. The molecule has 1 unspecified atom stereocenters. The molecule has 5 rings (SSSR count). The van der Waals surface area contributed by atoms with E-state index in [9.17, 15) is 4.79 Å². The molecule has 4 aromatic rings. The summed E-state index contributed by atoms with van der Waals surface area (Å²) in [5.41, 5.74) is 11.3. The van der Waals surface area contributed by atoms with Crippen molar-refractivity contribution in [3.8, 4) is 11.1 Å². The predicted octanol–water partition coefficient (Wildman–Crippen LogP) is 3.29. The number of amides is 1. The Hall–Kier alpha value is -3.54. The summed E-state index contributed by atoms with van der Waals surface area (Å²) in [7, 11) is 0. The summed E-state index contributed by atoms with van der Waals surface area (Å²) >= 11 is 0. The topological polar surface area (TPSA) is 86.2 Å². The summed E-state index contributed by atoms with van der Waals surface area (Å²) in [6.07, 6.45) is 7.65. The van der Waals surface area contributed by atoms with Gasteiger partial charge in [0.1, 0.15) is 12.2 Å². The van der Waals surface area contributed by atoms with Crippen molar-refractivity contribution in [3.05, 3.63) is 84.1 Å². The molecule has 0 bridgehead atoms. The number of primary amides is 1. The average Bonchev–Trinajstić information content (AvgIpc) is 3.46. The molecule has 0 radical (unpaired) electrons. The summed E-state index contributed by atoms with van der Waals surface area (Å²) < 4.78 is 1.71. The molecular formula is C22H19N5O. The smallest absolute Gasteiger partial charge is 0.231 e. The molecule has 0 aliphatic heterocycles. The van der Waals surface area contributed by atoms with Crippen LogP contribution in [0.15, 0.2) is 67.3 Å². The number of nitrogens with two attached hydrogens (primary N) is 1. The minimum atomic E-state index is -0.554. The number of rotatable bonds is 5. The highest BCUT2D eigenvalue weighted by atomic mass is 16.1. The maximum atomic E-state index is 12.2. The fraction of sp³-hybridized carbons (Fsp3) is 0.182. The van der Waals surface area contributed by atoms with E-state index in [0.29, 0.717) is 11.6 Å². The number of nitrogens with zero attached hydrogens (tertiary/aromatic N) is 4. The van der Waals surface area contributed by atoms with Gasteiger partial charge >= 0.3 is 0 Å². The number of hydrogen-bond acceptors (Lipinski definition) is 4. The summed E-state index contributed by atoms with van der Waals surface area (Å²) in [6, 6.07) is 15.9. The van der Waals surface area contributed by atoms with E-state index in [1.165, 1.54) is 24.7 Å². The van der Waals surface area contributed by atoms with E-state index in [-0.39, 0.29) is 0 Å². The Morgan fingerprint density at radius 2 is 1.86 bits per heavy atom. The second-order valence-corrected chi connectivity index (χ2v) is 7.23. The van der Waals surface area contributed by atoms with Crippen LogP contribution < -0.4 is 5.73 Å². The molecule has 1 atom stereocenters. The largest absolute Gasteiger partial charge is 0.369 e. The van der Waals surface area contributed by atoms with Gasteiger partial charge in [0.15, 0.2) is 5.65 Å². The molecule has 3 heterocycles. The Bertz CT molecular complexity index is 1140. The second-order valence-electron chi connectivity index (χ2n) is 7.23. The van der Waals surface area contributed by atoms with Crippen LogP contribution >= 0.6 is 0 Å². The molecule has 138 valence electrons. The van der Waals surface area contributed by atoms with Crippen molar-refractivity contribution in [2.24, 2.45) is 5.73 Å². The molecule has 0 spiro atoms. The van der Waals surface area contributed by atoms with Crippen LogP contribution in [0.1, 0.15) is 41.5 Å². The van der Waals surface area contributed by atoms with Gasteiger partial charge in [0.25, 0.3) is 0 Å². The number of aromatic nitrogens is 4. The molecule has 2 N–H and O–H groups in total. The molecular weight excluding hydrogens is 350 g/mol. The van der Waals surface area contributed by atoms with Gasteiger partial charge in [-0.1, -0.05) is 30.3 Å². The Kier molecular flexibility index (Phi) is 3.90. The fourth-order valence-electron chi connectivity index (χ4n) is 3.60. The van der Waals surface area contributed by atoms with Crippen LogP contribution in [-0.4, -0.2) is 25.5 Å². The van der Waals surface area contributed by atoms with Crippen molar-refractivity contribution in [2.75, 3.05) is 0 Å². The lowest BCUT2D eigenvalue weighted by Crippen LogP contribution is -2.23. The van der Waals surface area contributed by atoms with E-state index in [2.05, 4.69) is 27.2 Å². The van der Waals surface area contributed by atoms with Gasteiger partial charge in [0.05, 0.1) is 5.69 Å². The van der Waals surface area contributed by atoms with Gasteiger partial charge in [-0.25, -0.2) is 9.50 Å². The quantitative estimate of drug-likeness (QED) is 0.585. The van der Waals surface area contributed by atoms with Crippen LogP contribution in [0.5, 0.6) is 0 Å². The molecule has 6 heteroatoms. The third-order valence-corrected chi connectivity index (χ3v) is 5.30. The highest BCUT2D eigenvalue weighted by Crippen LogP contribution is 2.40. The molecule has 3 aromatic heterocycles. The third-order valence-electron chi connectivity index (χ3n) is 5.30. The Balaban J connectivity index is 1.45. The van der Waals surface area contributed by atoms with Gasteiger partial charge < -0.3 is 5.73 Å². The first-order valence-corrected chi connectivity index (χ1v) is 9.34. The van der Waals surface area contributed by atoms with E-state index in [1.54, 1.807) is 10.7 Å². The Morgan fingerprint density at radius 3 is 2.54 bits per heavy atom. The van der Waals surface area contributed by atoms with Gasteiger partial charge in [0, 0.05) is 18.0 Å². The highest BCUT2D eigenvalue weighted by molar-refractivity contribution is 5.85. The minimum Gasteiger partial charge on any atom is -0.369 e. The lowest BCUT2D eigenvalue weighted by Gasteiger charge is -2.14. The zero-order valence-electron chi connectivity index (χ0n) is 15.2. The van der Waals surface area contributed by atoms with Crippen LogP contribution in [0.2, 0.25) is 0 Å². The van der Waals surface area contributed by atoms with Crippen molar-refractivity contribution < 1.29 is 4.79 Å². The number of carbonyl (C=O) groups is 1. The van der Waals surface area contributed by atoms with Crippen molar-refractivity contribution in [3.63, 3.8) is 0 Å². The number of pyridine rings is 2. The average molecular weight is 369 g/mol. The Labute approximate surface area is 162 Å². The highest BCUT2D eigenvalue weighted by Gasteiger charge is 2.25. The van der Waals surface area contributed by atoms with Crippen molar-refractivity contribution in [1.29, 1.82) is 0 Å². The van der Waals surface area contributed by atoms with E-state index < -0.39 is 11.8 Å². The zero-order chi connectivity index (χ0) is 19.1. The van der Waals surface area contributed by atoms with Crippen molar-refractivity contribution >= 4 is 11.6 Å². The molecule has 0 saturated heterocycles. The Morgan fingerprint density at radius 1 is 1.04 bits per heavy atom. The van der Waals surface area contributed by atoms with Crippen LogP contribution in [0.3, 0.4) is 0 Å². The summed E-state index contributed by atoms with van der Waals surface area (Å²) in [5.74, 6) is -0.272. The standard InChI is InChI=1S/C22H19N5O/c23-22(28)21(16-5-3-15(4-6-16)14-1-2-14)19-8-7-18(12-24-19)17-9-10-27-20(11-17)25-13-26-27/h3-14,21H,1-2H2,(H2,23,28). The lowest BCUT2D eigenvalue weighted by molar-refractivity contribution is -0.118. The molecule has 1 aliphatic rings. The summed E-state index contributed by atoms with van der Waals surface area (Å²) in [4.78, 5) is 20.9. The van der Waals surface area contributed by atoms with Crippen LogP contribution in [-0.2, 0) is 4.79 Å². The molecule has 1 saturated carbocycles. The van der Waals surface area contributed by atoms with Gasteiger partial charge in [0.2, 0.25) is 5.91 Å². The number of fused-ring (bicyclic) bond motifs is 1. The normalized spacial score (nSPS) is 14.9. The van der Waals surface area contributed by atoms with E-state index in [0.717, 1.165) is 22.3 Å². The molecule has 1 aliphatic carbocycles. The van der Waals surface area contributed by atoms with Crippen LogP contribution in [0, 0.1) is 0 Å². The van der Waals surface area contributed by atoms with Crippen molar-refractivity contribution in [1.82, 2.24) is 19.6 Å². The second kappa shape index (κ2) is 6.56. The zero-order valence-corrected chi connectivity index (χ0v) is 15.2. The van der Waals surface area contributed by atoms with Crippen LogP contribution in [0.4, 0.5) is 0 Å². The molecule has 1 aromatic carbocycles. The van der Waals surface area contributed by atoms with E-state index in [4.69, 9.17) is 5.73 Å². The number of benzene rings is 1. The molecule has 1 fully saturated rings. The monoisotopic (exact) mass is 369 g/mol. The molecule has 6 nitrogen and oxygen atoms in total. The lowest BCUT2D eigenvalue weighted by atomic mass is 9.92. The third kappa shape index (κ3) is 3.03. The predicted molar refractivity (Wildman–Crippen MR) is 106 cm³/mol. The summed E-state index contributed by atoms with van der Waals surface area (Å²) in [5, 5.41) is 4.10. The fourth-order valence-corrected chi connectivity index (χ4v) is 3.60. The molecule has 28 heavy (non-hydrogen) atoms. The first-order valence-electron chi connectivity index (χ1n) is 9.34. The number of carbonyl (C=O) groups excluding carboxylic acids is 1. The maximum absolute atomic E-state index is 12.2. The summed E-state index contributed by atoms with van der Waals surface area (Å²) in [6.45, 7) is 0. The first-order chi connectivity index (χ1) is 13.7. The van der Waals surface area contributed by atoms with Crippen molar-refractivity contribution in [2.45, 2.75) is 24.7 Å². The van der Waals surface area contributed by atoms with Gasteiger partial charge in [-0.2, -0.15) is 5.10 Å². The SMILES string of the molecule is NC(=O)C(c1ccc(C2CC2)cc1)c1ccc(-c2ccn3ncnc3c2)cn1. The van der Waals surface area contributed by atoms with Gasteiger partial charge in [-0.05, 0) is 53.6 Å².